The molecule has 2 atom stereocenters. The van der Waals surface area contributed by atoms with Crippen molar-refractivity contribution in [2.75, 3.05) is 19.7 Å². The molecular weight excluding hydrogens is 420 g/mol. The molecule has 0 aliphatic carbocycles. The van der Waals surface area contributed by atoms with Crippen LogP contribution in [0, 0.1) is 11.3 Å². The molecule has 8 heteroatoms. The minimum atomic E-state index is -1.20. The van der Waals surface area contributed by atoms with Gasteiger partial charge in [-0.15, -0.1) is 0 Å². The number of carbonyl (C=O) groups excluding carboxylic acids is 1. The summed E-state index contributed by atoms with van der Waals surface area (Å²) in [6.07, 6.45) is 0.221. The molecular formula is C25H28N4O4. The largest absolute Gasteiger partial charge is 0.420 e. The molecule has 1 amide bonds. The van der Waals surface area contributed by atoms with Crippen LogP contribution in [0.1, 0.15) is 38.8 Å². The fourth-order valence-corrected chi connectivity index (χ4v) is 4.07. The summed E-state index contributed by atoms with van der Waals surface area (Å²) in [7, 11) is 0. The van der Waals surface area contributed by atoms with Crippen LogP contribution >= 0.6 is 0 Å². The van der Waals surface area contributed by atoms with E-state index < -0.39 is 11.6 Å². The van der Waals surface area contributed by atoms with E-state index in [1.165, 1.54) is 0 Å². The molecule has 33 heavy (non-hydrogen) atoms. The quantitative estimate of drug-likeness (QED) is 0.621. The van der Waals surface area contributed by atoms with Crippen LogP contribution in [0.15, 0.2) is 51.7 Å². The van der Waals surface area contributed by atoms with Gasteiger partial charge in [-0.25, -0.2) is 4.79 Å². The summed E-state index contributed by atoms with van der Waals surface area (Å²) >= 11 is 0. The van der Waals surface area contributed by atoms with Crippen molar-refractivity contribution in [1.82, 2.24) is 15.2 Å². The van der Waals surface area contributed by atoms with Gasteiger partial charge in [-0.1, -0.05) is 30.3 Å². The average molecular weight is 449 g/mol. The molecule has 2 heterocycles. The van der Waals surface area contributed by atoms with Crippen molar-refractivity contribution in [2.45, 2.75) is 44.9 Å². The third-order valence-electron chi connectivity index (χ3n) is 5.96. The van der Waals surface area contributed by atoms with Crippen LogP contribution in [0.5, 0.6) is 0 Å². The Morgan fingerprint density at radius 3 is 2.67 bits per heavy atom. The number of amides is 1. The Hall–Kier alpha value is -3.41. The molecule has 0 radical (unpaired) electrons. The Labute approximate surface area is 192 Å². The molecule has 1 aliphatic heterocycles. The predicted molar refractivity (Wildman–Crippen MR) is 125 cm³/mol. The number of hydrogen-bond acceptors (Lipinski definition) is 6. The van der Waals surface area contributed by atoms with Gasteiger partial charge < -0.3 is 19.8 Å². The van der Waals surface area contributed by atoms with Gasteiger partial charge in [-0.05, 0) is 62.6 Å². The van der Waals surface area contributed by atoms with Crippen LogP contribution in [-0.2, 0) is 15.1 Å². The molecule has 1 saturated heterocycles. The van der Waals surface area contributed by atoms with E-state index in [1.807, 2.05) is 50.2 Å². The van der Waals surface area contributed by atoms with Crippen molar-refractivity contribution in [3.63, 3.8) is 0 Å². The first-order chi connectivity index (χ1) is 15.8. The average Bonchev–Trinajstić information content (AvgIpc) is 2.96. The van der Waals surface area contributed by atoms with Gasteiger partial charge in [0.1, 0.15) is 11.6 Å². The van der Waals surface area contributed by atoms with E-state index in [0.717, 1.165) is 29.6 Å². The Morgan fingerprint density at radius 2 is 1.97 bits per heavy atom. The van der Waals surface area contributed by atoms with E-state index in [-0.39, 0.29) is 17.7 Å². The summed E-state index contributed by atoms with van der Waals surface area (Å²) in [4.78, 5) is 24.9. The van der Waals surface area contributed by atoms with E-state index in [2.05, 4.69) is 16.7 Å². The normalized spacial score (nSPS) is 18.5. The molecule has 0 saturated carbocycles. The molecule has 172 valence electrons. The van der Waals surface area contributed by atoms with Crippen molar-refractivity contribution in [1.29, 1.82) is 5.26 Å². The van der Waals surface area contributed by atoms with Crippen molar-refractivity contribution < 1.29 is 13.9 Å². The van der Waals surface area contributed by atoms with E-state index in [9.17, 15) is 14.9 Å². The predicted octanol–water partition coefficient (Wildman–Crippen LogP) is 3.08. The van der Waals surface area contributed by atoms with Crippen molar-refractivity contribution in [2.24, 2.45) is 0 Å². The van der Waals surface area contributed by atoms with Gasteiger partial charge in [0, 0.05) is 19.2 Å². The van der Waals surface area contributed by atoms with Crippen molar-refractivity contribution in [3.8, 4) is 17.2 Å². The number of oxazole rings is 1. The van der Waals surface area contributed by atoms with Gasteiger partial charge in [0.25, 0.3) is 5.91 Å². The van der Waals surface area contributed by atoms with Crippen molar-refractivity contribution in [3.05, 3.63) is 58.6 Å². The second-order valence-electron chi connectivity index (χ2n) is 8.73. The summed E-state index contributed by atoms with van der Waals surface area (Å²) in [6, 6.07) is 15.3. The fourth-order valence-electron chi connectivity index (χ4n) is 4.07. The van der Waals surface area contributed by atoms with E-state index in [4.69, 9.17) is 9.15 Å². The summed E-state index contributed by atoms with van der Waals surface area (Å²) in [5.74, 6) is -0.685. The highest BCUT2D eigenvalue weighted by Crippen LogP contribution is 2.28. The number of ether oxygens (including phenoxy) is 1. The second-order valence-corrected chi connectivity index (χ2v) is 8.73. The molecule has 8 nitrogen and oxygen atoms in total. The summed E-state index contributed by atoms with van der Waals surface area (Å²) in [5.41, 5.74) is 2.61. The number of hydrogen-bond donors (Lipinski definition) is 2. The molecule has 1 aliphatic rings. The minimum absolute atomic E-state index is 0.0241. The molecule has 2 aromatic carbocycles. The Balaban J connectivity index is 1.59. The maximum absolute atomic E-state index is 12.7. The first-order valence-electron chi connectivity index (χ1n) is 11.1. The molecule has 1 aromatic heterocycles. The SMILES string of the molecule is CC(C)n1c(=O)oc2ccc(-c3ccc([C@@](C)(C#N)NC(=O)[C@@H]4CNCCCO4)cc3)cc21. The van der Waals surface area contributed by atoms with E-state index in [0.29, 0.717) is 24.3 Å². The number of nitriles is 1. The zero-order valence-corrected chi connectivity index (χ0v) is 19.1. The second kappa shape index (κ2) is 9.22. The molecule has 3 aromatic rings. The number of nitrogens with zero attached hydrogens (tertiary/aromatic N) is 2. The number of rotatable bonds is 5. The Kier molecular flexibility index (Phi) is 6.36. The topological polar surface area (TPSA) is 109 Å². The maximum atomic E-state index is 12.7. The molecule has 0 bridgehead atoms. The standard InChI is InChI=1S/C25H28N4O4/c1-16(2)29-20-13-18(7-10-21(20)33-24(29)31)17-5-8-19(9-6-17)25(3,15-26)28-23(30)22-14-27-11-4-12-32-22/h5-10,13,16,22,27H,4,11-12,14H2,1-3H3,(H,28,30)/t22-,25+/m0/s1. The van der Waals surface area contributed by atoms with E-state index >= 15 is 0 Å². The highest BCUT2D eigenvalue weighted by molar-refractivity contribution is 5.83. The third-order valence-corrected chi connectivity index (χ3v) is 5.96. The molecule has 4 rings (SSSR count). The summed E-state index contributed by atoms with van der Waals surface area (Å²) < 4.78 is 12.6. The lowest BCUT2D eigenvalue weighted by Gasteiger charge is -2.26. The van der Waals surface area contributed by atoms with Gasteiger partial charge >= 0.3 is 5.76 Å². The van der Waals surface area contributed by atoms with Crippen LogP contribution in [0.4, 0.5) is 0 Å². The highest BCUT2D eigenvalue weighted by atomic mass is 16.5. The first kappa shape index (κ1) is 22.8. The van der Waals surface area contributed by atoms with Crippen LogP contribution in [-0.4, -0.2) is 36.3 Å². The van der Waals surface area contributed by atoms with Crippen LogP contribution in [0.25, 0.3) is 22.2 Å². The lowest BCUT2D eigenvalue weighted by Crippen LogP contribution is -2.49. The molecule has 0 spiro atoms. The number of aromatic nitrogens is 1. The summed E-state index contributed by atoms with van der Waals surface area (Å²) in [6.45, 7) is 7.29. The number of fused-ring (bicyclic) bond motifs is 1. The Bertz CT molecular complexity index is 1240. The van der Waals surface area contributed by atoms with Gasteiger partial charge in [0.2, 0.25) is 0 Å². The van der Waals surface area contributed by atoms with Gasteiger partial charge in [0.15, 0.2) is 5.58 Å². The highest BCUT2D eigenvalue weighted by Gasteiger charge is 2.32. The van der Waals surface area contributed by atoms with Crippen LogP contribution in [0.3, 0.4) is 0 Å². The van der Waals surface area contributed by atoms with Gasteiger partial charge in [0.05, 0.1) is 11.6 Å². The van der Waals surface area contributed by atoms with Gasteiger partial charge in [-0.3, -0.25) is 9.36 Å². The van der Waals surface area contributed by atoms with Gasteiger partial charge in [-0.2, -0.15) is 5.26 Å². The zero-order valence-electron chi connectivity index (χ0n) is 19.1. The van der Waals surface area contributed by atoms with Crippen LogP contribution < -0.4 is 16.4 Å². The molecule has 1 fully saturated rings. The lowest BCUT2D eigenvalue weighted by atomic mass is 9.91. The molecule has 2 N–H and O–H groups in total. The lowest BCUT2D eigenvalue weighted by molar-refractivity contribution is -0.133. The molecule has 0 unspecified atom stereocenters. The number of carbonyl (C=O) groups is 1. The number of benzene rings is 2. The third kappa shape index (κ3) is 4.56. The monoisotopic (exact) mass is 448 g/mol. The maximum Gasteiger partial charge on any atom is 0.420 e. The first-order valence-corrected chi connectivity index (χ1v) is 11.1. The number of nitrogens with one attached hydrogen (secondary N) is 2. The van der Waals surface area contributed by atoms with Crippen molar-refractivity contribution >= 4 is 17.0 Å². The van der Waals surface area contributed by atoms with Crippen LogP contribution in [0.2, 0.25) is 0 Å². The fraction of sp³-hybridized carbons (Fsp3) is 0.400. The smallest absolute Gasteiger partial charge is 0.408 e. The summed E-state index contributed by atoms with van der Waals surface area (Å²) in [5, 5.41) is 15.9. The zero-order chi connectivity index (χ0) is 23.6. The van der Waals surface area contributed by atoms with E-state index in [1.54, 1.807) is 17.6 Å². The Morgan fingerprint density at radius 1 is 1.24 bits per heavy atom. The minimum Gasteiger partial charge on any atom is -0.408 e.